The Morgan fingerprint density at radius 2 is 1.00 bits per heavy atom. The van der Waals surface area contributed by atoms with Gasteiger partial charge >= 0.3 is 0 Å². The quantitative estimate of drug-likeness (QED) is 0.421. The first kappa shape index (κ1) is 17.3. The summed E-state index contributed by atoms with van der Waals surface area (Å²) in [5.41, 5.74) is 2.01. The summed E-state index contributed by atoms with van der Waals surface area (Å²) in [5, 5.41) is 0. The van der Waals surface area contributed by atoms with Crippen molar-refractivity contribution in [1.82, 2.24) is 0 Å². The van der Waals surface area contributed by atoms with Crippen molar-refractivity contribution < 1.29 is 9.59 Å². The molecule has 124 valence electrons. The van der Waals surface area contributed by atoms with Gasteiger partial charge in [-0.25, -0.2) is 0 Å². The molecule has 0 saturated heterocycles. The zero-order chi connectivity index (χ0) is 17.6. The Morgan fingerprint density at radius 1 is 0.600 bits per heavy atom. The summed E-state index contributed by atoms with van der Waals surface area (Å²) in [7, 11) is 0. The molecule has 0 saturated carbocycles. The highest BCUT2D eigenvalue weighted by Gasteiger charge is 2.33. The highest BCUT2D eigenvalue weighted by atomic mass is 79.9. The fraction of sp³-hybridized carbons (Fsp3) is 0.0909. The largest absolute Gasteiger partial charge is 0.293 e. The maximum Gasteiger partial charge on any atom is 0.177 e. The van der Waals surface area contributed by atoms with E-state index in [0.29, 0.717) is 11.1 Å². The van der Waals surface area contributed by atoms with Crippen LogP contribution in [0.25, 0.3) is 0 Å². The minimum absolute atomic E-state index is 0.0713. The van der Waals surface area contributed by atoms with Crippen molar-refractivity contribution in [2.24, 2.45) is 0 Å². The summed E-state index contributed by atoms with van der Waals surface area (Å²) in [6.45, 7) is 0. The van der Waals surface area contributed by atoms with E-state index >= 15 is 0 Å². The molecule has 0 heterocycles. The first-order valence-corrected chi connectivity index (χ1v) is 8.97. The van der Waals surface area contributed by atoms with E-state index in [1.54, 1.807) is 24.3 Å². The third kappa shape index (κ3) is 3.94. The molecular formula is C22H17BrO2. The second-order valence-electron chi connectivity index (χ2n) is 5.75. The lowest BCUT2D eigenvalue weighted by molar-refractivity contribution is 0.0902. The molecule has 0 unspecified atom stereocenters. The average Bonchev–Trinajstić information content (AvgIpc) is 2.69. The topological polar surface area (TPSA) is 34.1 Å². The Morgan fingerprint density at radius 3 is 1.48 bits per heavy atom. The van der Waals surface area contributed by atoms with Gasteiger partial charge in [0, 0.05) is 11.1 Å². The highest BCUT2D eigenvalue weighted by Crippen LogP contribution is 2.31. The molecule has 0 aliphatic heterocycles. The van der Waals surface area contributed by atoms with Crippen LogP contribution in [-0.4, -0.2) is 16.4 Å². The monoisotopic (exact) mass is 392 g/mol. The van der Waals surface area contributed by atoms with Gasteiger partial charge in [-0.1, -0.05) is 107 Å². The van der Waals surface area contributed by atoms with Crippen molar-refractivity contribution in [3.05, 3.63) is 108 Å². The van der Waals surface area contributed by atoms with E-state index in [1.807, 2.05) is 66.7 Å². The minimum atomic E-state index is -0.634. The fourth-order valence-corrected chi connectivity index (χ4v) is 3.62. The Kier molecular flexibility index (Phi) is 5.56. The van der Waals surface area contributed by atoms with E-state index in [4.69, 9.17) is 0 Å². The van der Waals surface area contributed by atoms with E-state index in [1.165, 1.54) is 0 Å². The molecule has 3 rings (SSSR count). The van der Waals surface area contributed by atoms with Crippen LogP contribution in [0.3, 0.4) is 0 Å². The number of benzene rings is 3. The van der Waals surface area contributed by atoms with E-state index in [0.717, 1.165) is 5.56 Å². The van der Waals surface area contributed by atoms with Crippen LogP contribution in [0, 0.1) is 0 Å². The molecular weight excluding hydrogens is 376 g/mol. The predicted molar refractivity (Wildman–Crippen MR) is 103 cm³/mol. The lowest BCUT2D eigenvalue weighted by Crippen LogP contribution is -2.29. The molecule has 0 aliphatic rings. The molecule has 0 N–H and O–H groups in total. The molecule has 0 aromatic heterocycles. The lowest BCUT2D eigenvalue weighted by atomic mass is 9.85. The third-order valence-electron chi connectivity index (χ3n) is 4.10. The summed E-state index contributed by atoms with van der Waals surface area (Å²) in [6.07, 6.45) is 0. The van der Waals surface area contributed by atoms with Crippen LogP contribution in [0.1, 0.15) is 32.2 Å². The summed E-state index contributed by atoms with van der Waals surface area (Å²) in [4.78, 5) is 25.4. The molecule has 0 fully saturated rings. The third-order valence-corrected chi connectivity index (χ3v) is 5.05. The van der Waals surface area contributed by atoms with Crippen molar-refractivity contribution >= 4 is 27.5 Å². The highest BCUT2D eigenvalue weighted by molar-refractivity contribution is 9.10. The molecule has 2 nitrogen and oxygen atoms in total. The maximum absolute atomic E-state index is 13.1. The summed E-state index contributed by atoms with van der Waals surface area (Å²) < 4.78 is 0. The molecule has 25 heavy (non-hydrogen) atoms. The van der Waals surface area contributed by atoms with Gasteiger partial charge in [-0.2, -0.15) is 0 Å². The lowest BCUT2D eigenvalue weighted by Gasteiger charge is -2.21. The van der Waals surface area contributed by atoms with Crippen molar-refractivity contribution in [2.75, 3.05) is 0 Å². The normalized spacial score (nSPS) is 13.0. The van der Waals surface area contributed by atoms with Crippen molar-refractivity contribution in [3.8, 4) is 0 Å². The van der Waals surface area contributed by atoms with E-state index in [-0.39, 0.29) is 11.6 Å². The fourth-order valence-electron chi connectivity index (χ4n) is 2.81. The number of halogens is 1. The van der Waals surface area contributed by atoms with Crippen molar-refractivity contribution in [3.63, 3.8) is 0 Å². The van der Waals surface area contributed by atoms with Gasteiger partial charge < -0.3 is 0 Å². The molecule has 0 radical (unpaired) electrons. The van der Waals surface area contributed by atoms with Gasteiger partial charge in [-0.15, -0.1) is 0 Å². The zero-order valence-corrected chi connectivity index (χ0v) is 15.1. The van der Waals surface area contributed by atoms with Crippen LogP contribution in [0.2, 0.25) is 0 Å². The number of Topliss-reactive ketones (excluding diaryl/α,β-unsaturated/α-hetero) is 2. The summed E-state index contributed by atoms with van der Waals surface area (Å²) >= 11 is 3.51. The van der Waals surface area contributed by atoms with Crippen LogP contribution in [0.4, 0.5) is 0 Å². The molecule has 0 aliphatic carbocycles. The number of hydrogen-bond acceptors (Lipinski definition) is 2. The molecule has 2 atom stereocenters. The van der Waals surface area contributed by atoms with Gasteiger partial charge in [0.1, 0.15) is 0 Å². The van der Waals surface area contributed by atoms with Crippen LogP contribution in [0.15, 0.2) is 91.0 Å². The van der Waals surface area contributed by atoms with Crippen LogP contribution in [-0.2, 0) is 0 Å². The van der Waals surface area contributed by atoms with Crippen LogP contribution in [0.5, 0.6) is 0 Å². The van der Waals surface area contributed by atoms with Gasteiger partial charge in [-0.3, -0.25) is 9.59 Å². The standard InChI is InChI=1S/C22H17BrO2/c23-20(22(25)18-14-8-3-9-15-18)19(16-10-4-1-5-11-16)21(24)17-12-6-2-7-13-17/h1-15,19-20H/t19-,20+/m1/s1. The summed E-state index contributed by atoms with van der Waals surface area (Å²) in [5.74, 6) is -0.756. The number of carbonyl (C=O) groups is 2. The number of carbonyl (C=O) groups excluding carboxylic acids is 2. The molecule has 3 aromatic rings. The number of alkyl halides is 1. The predicted octanol–water partition coefficient (Wildman–Crippen LogP) is 5.30. The van der Waals surface area contributed by atoms with Crippen LogP contribution >= 0.6 is 15.9 Å². The Hall–Kier alpha value is -2.52. The smallest absolute Gasteiger partial charge is 0.177 e. The van der Waals surface area contributed by atoms with Gasteiger partial charge in [0.25, 0.3) is 0 Å². The van der Waals surface area contributed by atoms with Crippen molar-refractivity contribution in [2.45, 2.75) is 10.7 Å². The first-order valence-electron chi connectivity index (χ1n) is 8.06. The van der Waals surface area contributed by atoms with E-state index in [2.05, 4.69) is 15.9 Å². The van der Waals surface area contributed by atoms with E-state index in [9.17, 15) is 9.59 Å². The Labute approximate surface area is 155 Å². The number of ketones is 2. The second-order valence-corrected chi connectivity index (χ2v) is 6.74. The summed E-state index contributed by atoms with van der Waals surface area (Å²) in [6, 6.07) is 27.6. The van der Waals surface area contributed by atoms with Gasteiger partial charge in [0.15, 0.2) is 11.6 Å². The SMILES string of the molecule is O=C(c1ccccc1)[C@@H](Br)[C@H](C(=O)c1ccccc1)c1ccccc1. The maximum atomic E-state index is 13.1. The van der Waals surface area contributed by atoms with Gasteiger partial charge in [0.2, 0.25) is 0 Å². The van der Waals surface area contributed by atoms with Crippen LogP contribution < -0.4 is 0 Å². The molecule has 3 aromatic carbocycles. The first-order chi connectivity index (χ1) is 12.2. The zero-order valence-electron chi connectivity index (χ0n) is 13.5. The molecule has 0 spiro atoms. The Bertz CT molecular complexity index is 845. The molecule has 0 amide bonds. The average molecular weight is 393 g/mol. The van der Waals surface area contributed by atoms with Gasteiger partial charge in [-0.05, 0) is 5.56 Å². The molecule has 0 bridgehead atoms. The van der Waals surface area contributed by atoms with E-state index < -0.39 is 10.7 Å². The Balaban J connectivity index is 2.00. The van der Waals surface area contributed by atoms with Crippen molar-refractivity contribution in [1.29, 1.82) is 0 Å². The number of hydrogen-bond donors (Lipinski definition) is 0. The minimum Gasteiger partial charge on any atom is -0.293 e. The molecule has 3 heteroatoms. The van der Waals surface area contributed by atoms with Gasteiger partial charge in [0.05, 0.1) is 10.7 Å². The number of rotatable bonds is 6. The second kappa shape index (κ2) is 8.04.